The summed E-state index contributed by atoms with van der Waals surface area (Å²) in [6.07, 6.45) is 2.45. The van der Waals surface area contributed by atoms with E-state index in [2.05, 4.69) is 10.2 Å². The summed E-state index contributed by atoms with van der Waals surface area (Å²) in [6, 6.07) is 10.1. The number of ether oxygens (including phenoxy) is 2. The smallest absolute Gasteiger partial charge is 0.255 e. The molecule has 144 valence electrons. The van der Waals surface area contributed by atoms with Crippen LogP contribution in [-0.4, -0.2) is 61.9 Å². The average Bonchev–Trinajstić information content (AvgIpc) is 2.72. The van der Waals surface area contributed by atoms with Crippen LogP contribution in [0.1, 0.15) is 16.8 Å². The zero-order valence-electron chi connectivity index (χ0n) is 15.5. The molecule has 3 rings (SSSR count). The van der Waals surface area contributed by atoms with Gasteiger partial charge in [0.2, 0.25) is 0 Å². The van der Waals surface area contributed by atoms with E-state index < -0.39 is 0 Å². The van der Waals surface area contributed by atoms with Crippen molar-refractivity contribution in [1.29, 1.82) is 0 Å². The summed E-state index contributed by atoms with van der Waals surface area (Å²) in [5.41, 5.74) is 0.948. The molecule has 7 heteroatoms. The lowest BCUT2D eigenvalue weighted by Gasteiger charge is -2.26. The van der Waals surface area contributed by atoms with Gasteiger partial charge in [-0.05, 0) is 43.3 Å². The van der Waals surface area contributed by atoms with E-state index in [1.807, 2.05) is 0 Å². The molecule has 1 N–H and O–H groups in total. The zero-order valence-corrected chi connectivity index (χ0v) is 15.5. The first-order chi connectivity index (χ1) is 13.2. The minimum absolute atomic E-state index is 0.181. The summed E-state index contributed by atoms with van der Waals surface area (Å²) in [6.45, 7) is 4.98. The molecule has 1 aromatic carbocycles. The second-order valence-electron chi connectivity index (χ2n) is 6.39. The SMILES string of the molecule is COc1ccc(-n2cc(C(=O)NCCCN3CCOCC3)ccc2=O)cc1. The van der Waals surface area contributed by atoms with Crippen molar-refractivity contribution < 1.29 is 14.3 Å². The number of pyridine rings is 1. The molecule has 1 saturated heterocycles. The van der Waals surface area contributed by atoms with E-state index in [4.69, 9.17) is 9.47 Å². The molecule has 0 aliphatic carbocycles. The van der Waals surface area contributed by atoms with Gasteiger partial charge in [0.1, 0.15) is 5.75 Å². The molecule has 7 nitrogen and oxygen atoms in total. The zero-order chi connectivity index (χ0) is 19.1. The predicted molar refractivity (Wildman–Crippen MR) is 103 cm³/mol. The molecule has 0 radical (unpaired) electrons. The number of hydrogen-bond acceptors (Lipinski definition) is 5. The van der Waals surface area contributed by atoms with Gasteiger partial charge < -0.3 is 14.8 Å². The van der Waals surface area contributed by atoms with Gasteiger partial charge in [0.15, 0.2) is 0 Å². The summed E-state index contributed by atoms with van der Waals surface area (Å²) in [5.74, 6) is 0.528. The van der Waals surface area contributed by atoms with Gasteiger partial charge in [0.05, 0.1) is 25.9 Å². The summed E-state index contributed by atoms with van der Waals surface area (Å²) in [4.78, 5) is 26.9. The van der Waals surface area contributed by atoms with Crippen molar-refractivity contribution in [3.05, 3.63) is 58.5 Å². The third-order valence-electron chi connectivity index (χ3n) is 4.56. The van der Waals surface area contributed by atoms with Crippen molar-refractivity contribution in [3.8, 4) is 11.4 Å². The van der Waals surface area contributed by atoms with Crippen molar-refractivity contribution in [2.24, 2.45) is 0 Å². The Morgan fingerprint density at radius 1 is 1.15 bits per heavy atom. The molecule has 0 bridgehead atoms. The maximum absolute atomic E-state index is 12.4. The molecular weight excluding hydrogens is 346 g/mol. The fraction of sp³-hybridized carbons (Fsp3) is 0.400. The normalized spacial score (nSPS) is 14.7. The highest BCUT2D eigenvalue weighted by atomic mass is 16.5. The van der Waals surface area contributed by atoms with E-state index in [-0.39, 0.29) is 11.5 Å². The minimum atomic E-state index is -0.191. The van der Waals surface area contributed by atoms with Crippen LogP contribution in [0.5, 0.6) is 5.75 Å². The fourth-order valence-corrected chi connectivity index (χ4v) is 3.00. The molecule has 0 spiro atoms. The van der Waals surface area contributed by atoms with E-state index in [0.717, 1.165) is 39.3 Å². The van der Waals surface area contributed by atoms with Crippen LogP contribution in [-0.2, 0) is 4.74 Å². The van der Waals surface area contributed by atoms with E-state index in [9.17, 15) is 9.59 Å². The molecule has 1 fully saturated rings. The van der Waals surface area contributed by atoms with E-state index in [1.165, 1.54) is 10.6 Å². The molecule has 27 heavy (non-hydrogen) atoms. The number of benzene rings is 1. The number of carbonyl (C=O) groups excluding carboxylic acids is 1. The van der Waals surface area contributed by atoms with Gasteiger partial charge >= 0.3 is 0 Å². The Morgan fingerprint density at radius 2 is 1.89 bits per heavy atom. The predicted octanol–water partition coefficient (Wildman–Crippen LogP) is 1.30. The van der Waals surface area contributed by atoms with Gasteiger partial charge in [0, 0.05) is 37.6 Å². The third kappa shape index (κ3) is 5.18. The second kappa shape index (κ2) is 9.34. The largest absolute Gasteiger partial charge is 0.497 e. The van der Waals surface area contributed by atoms with Crippen LogP contribution in [0.3, 0.4) is 0 Å². The lowest BCUT2D eigenvalue weighted by atomic mass is 10.2. The second-order valence-corrected chi connectivity index (χ2v) is 6.39. The van der Waals surface area contributed by atoms with Crippen molar-refractivity contribution in [2.75, 3.05) is 46.5 Å². The van der Waals surface area contributed by atoms with Crippen molar-refractivity contribution in [3.63, 3.8) is 0 Å². The van der Waals surface area contributed by atoms with Crippen LogP contribution < -0.4 is 15.6 Å². The van der Waals surface area contributed by atoms with E-state index in [0.29, 0.717) is 23.5 Å². The number of hydrogen-bond donors (Lipinski definition) is 1. The quantitative estimate of drug-likeness (QED) is 0.743. The number of amides is 1. The number of nitrogens with zero attached hydrogens (tertiary/aromatic N) is 2. The van der Waals surface area contributed by atoms with E-state index >= 15 is 0 Å². The van der Waals surface area contributed by atoms with Crippen LogP contribution in [0.15, 0.2) is 47.4 Å². The maximum atomic E-state index is 12.4. The fourth-order valence-electron chi connectivity index (χ4n) is 3.00. The van der Waals surface area contributed by atoms with Crippen LogP contribution >= 0.6 is 0 Å². The lowest BCUT2D eigenvalue weighted by molar-refractivity contribution is 0.0374. The van der Waals surface area contributed by atoms with Gasteiger partial charge in [-0.25, -0.2) is 0 Å². The molecule has 0 atom stereocenters. The summed E-state index contributed by atoms with van der Waals surface area (Å²) in [7, 11) is 1.59. The molecule has 1 aliphatic rings. The highest BCUT2D eigenvalue weighted by Crippen LogP contribution is 2.14. The molecule has 1 aromatic heterocycles. The van der Waals surface area contributed by atoms with Crippen LogP contribution in [0.2, 0.25) is 0 Å². The van der Waals surface area contributed by atoms with Crippen LogP contribution in [0, 0.1) is 0 Å². The van der Waals surface area contributed by atoms with Crippen LogP contribution in [0.4, 0.5) is 0 Å². The number of methoxy groups -OCH3 is 1. The van der Waals surface area contributed by atoms with Gasteiger partial charge in [-0.3, -0.25) is 19.1 Å². The Bertz CT molecular complexity index is 811. The average molecular weight is 371 g/mol. The monoisotopic (exact) mass is 371 g/mol. The molecule has 1 aliphatic heterocycles. The topological polar surface area (TPSA) is 72.8 Å². The highest BCUT2D eigenvalue weighted by Gasteiger charge is 2.11. The number of nitrogens with one attached hydrogen (secondary N) is 1. The molecular formula is C20H25N3O4. The summed E-state index contributed by atoms with van der Waals surface area (Å²) in [5, 5.41) is 2.92. The number of aromatic nitrogens is 1. The van der Waals surface area contributed by atoms with Gasteiger partial charge in [0.25, 0.3) is 11.5 Å². The Labute approximate surface area is 158 Å². The van der Waals surface area contributed by atoms with Crippen molar-refractivity contribution >= 4 is 5.91 Å². The number of rotatable bonds is 7. The third-order valence-corrected chi connectivity index (χ3v) is 4.56. The molecule has 1 amide bonds. The van der Waals surface area contributed by atoms with Gasteiger partial charge in [-0.1, -0.05) is 0 Å². The molecule has 2 heterocycles. The summed E-state index contributed by atoms with van der Waals surface area (Å²) < 4.78 is 11.9. The summed E-state index contributed by atoms with van der Waals surface area (Å²) >= 11 is 0. The maximum Gasteiger partial charge on any atom is 0.255 e. The Hall–Kier alpha value is -2.64. The van der Waals surface area contributed by atoms with Gasteiger partial charge in [-0.15, -0.1) is 0 Å². The highest BCUT2D eigenvalue weighted by molar-refractivity contribution is 5.93. The Kier molecular flexibility index (Phi) is 6.62. The van der Waals surface area contributed by atoms with Crippen molar-refractivity contribution in [1.82, 2.24) is 14.8 Å². The van der Waals surface area contributed by atoms with Gasteiger partial charge in [-0.2, -0.15) is 0 Å². The van der Waals surface area contributed by atoms with Crippen molar-refractivity contribution in [2.45, 2.75) is 6.42 Å². The minimum Gasteiger partial charge on any atom is -0.497 e. The molecule has 2 aromatic rings. The van der Waals surface area contributed by atoms with E-state index in [1.54, 1.807) is 43.6 Å². The van der Waals surface area contributed by atoms with Crippen LogP contribution in [0.25, 0.3) is 5.69 Å². The number of carbonyl (C=O) groups is 1. The Morgan fingerprint density at radius 3 is 2.59 bits per heavy atom. The standard InChI is InChI=1S/C20H25N3O4/c1-26-18-6-4-17(5-7-18)23-15-16(3-8-19(23)24)20(25)21-9-2-10-22-11-13-27-14-12-22/h3-8,15H,2,9-14H2,1H3,(H,21,25). The first-order valence-corrected chi connectivity index (χ1v) is 9.13. The Balaban J connectivity index is 1.58. The first kappa shape index (κ1) is 19.1. The number of morpholine rings is 1. The lowest BCUT2D eigenvalue weighted by Crippen LogP contribution is -2.38. The first-order valence-electron chi connectivity index (χ1n) is 9.13. The molecule has 0 saturated carbocycles. The molecule has 0 unspecified atom stereocenters.